The highest BCUT2D eigenvalue weighted by Crippen LogP contribution is 2.09. The van der Waals surface area contributed by atoms with E-state index < -0.39 is 0 Å². The molecule has 1 aromatic heterocycles. The van der Waals surface area contributed by atoms with Crippen LogP contribution in [0.5, 0.6) is 0 Å². The van der Waals surface area contributed by atoms with Crippen molar-refractivity contribution in [3.63, 3.8) is 0 Å². The van der Waals surface area contributed by atoms with Crippen LogP contribution in [0.3, 0.4) is 0 Å². The number of methoxy groups -OCH3 is 1. The van der Waals surface area contributed by atoms with Crippen LogP contribution in [0.25, 0.3) is 0 Å². The molecule has 2 heterocycles. The first-order valence-corrected chi connectivity index (χ1v) is 8.89. The molecule has 0 saturated carbocycles. The summed E-state index contributed by atoms with van der Waals surface area (Å²) < 4.78 is 10.4. The number of anilines is 1. The largest absolute Gasteiger partial charge is 0.382 e. The van der Waals surface area contributed by atoms with Crippen molar-refractivity contribution in [1.82, 2.24) is 20.2 Å². The average Bonchev–Trinajstić information content (AvgIpc) is 2.68. The van der Waals surface area contributed by atoms with E-state index in [0.29, 0.717) is 13.2 Å². The standard InChI is InChI=1S/C17H30N6O2.HI/c1-18-16(19-6-3-4-13-25-15-14-24-2)22-9-11-23(12-10-22)17-20-7-5-8-21-17;/h5,7-8H,3-4,6,9-15H2,1-2H3,(H,18,19);1H. The number of halogens is 1. The molecule has 0 radical (unpaired) electrons. The molecule has 8 nitrogen and oxygen atoms in total. The van der Waals surface area contributed by atoms with E-state index in [1.165, 1.54) is 0 Å². The lowest BCUT2D eigenvalue weighted by molar-refractivity contribution is 0.0689. The van der Waals surface area contributed by atoms with Crippen molar-refractivity contribution in [2.45, 2.75) is 12.8 Å². The minimum atomic E-state index is 0. The van der Waals surface area contributed by atoms with Gasteiger partial charge in [0.25, 0.3) is 0 Å². The smallest absolute Gasteiger partial charge is 0.225 e. The first-order chi connectivity index (χ1) is 12.3. The lowest BCUT2D eigenvalue weighted by atomic mass is 10.3. The lowest BCUT2D eigenvalue weighted by Crippen LogP contribution is -2.53. The molecule has 0 aliphatic carbocycles. The van der Waals surface area contributed by atoms with Crippen molar-refractivity contribution in [1.29, 1.82) is 0 Å². The molecule has 9 heteroatoms. The van der Waals surface area contributed by atoms with Gasteiger partial charge in [-0.25, -0.2) is 9.97 Å². The summed E-state index contributed by atoms with van der Waals surface area (Å²) in [6.07, 6.45) is 5.67. The summed E-state index contributed by atoms with van der Waals surface area (Å²) in [4.78, 5) is 17.5. The molecule has 1 aliphatic heterocycles. The Morgan fingerprint density at radius 3 is 2.50 bits per heavy atom. The van der Waals surface area contributed by atoms with Crippen LogP contribution in [0.15, 0.2) is 23.5 Å². The van der Waals surface area contributed by atoms with Gasteiger partial charge in [-0.15, -0.1) is 24.0 Å². The number of hydrogen-bond acceptors (Lipinski definition) is 6. The quantitative estimate of drug-likeness (QED) is 0.248. The fourth-order valence-corrected chi connectivity index (χ4v) is 2.68. The van der Waals surface area contributed by atoms with Crippen molar-refractivity contribution in [3.05, 3.63) is 18.5 Å². The van der Waals surface area contributed by atoms with Gasteiger partial charge in [0.15, 0.2) is 5.96 Å². The number of ether oxygens (including phenoxy) is 2. The molecule has 0 spiro atoms. The normalized spacial score (nSPS) is 14.9. The zero-order chi connectivity index (χ0) is 17.7. The summed E-state index contributed by atoms with van der Waals surface area (Å²) in [6, 6.07) is 1.84. The van der Waals surface area contributed by atoms with Crippen LogP contribution in [0.1, 0.15) is 12.8 Å². The molecule has 1 N–H and O–H groups in total. The predicted octanol–water partition coefficient (Wildman–Crippen LogP) is 1.24. The summed E-state index contributed by atoms with van der Waals surface area (Å²) in [5.74, 6) is 1.77. The zero-order valence-electron chi connectivity index (χ0n) is 15.8. The van der Waals surface area contributed by atoms with Crippen LogP contribution in [0.4, 0.5) is 5.95 Å². The van der Waals surface area contributed by atoms with Gasteiger partial charge in [0.05, 0.1) is 13.2 Å². The van der Waals surface area contributed by atoms with E-state index in [1.807, 2.05) is 13.1 Å². The van der Waals surface area contributed by atoms with Gasteiger partial charge in [0.2, 0.25) is 5.95 Å². The summed E-state index contributed by atoms with van der Waals surface area (Å²) in [5, 5.41) is 3.44. The number of aliphatic imine (C=N–C) groups is 1. The van der Waals surface area contributed by atoms with E-state index in [0.717, 1.165) is 64.1 Å². The van der Waals surface area contributed by atoms with Gasteiger partial charge in [-0.2, -0.15) is 0 Å². The van der Waals surface area contributed by atoms with E-state index in [2.05, 4.69) is 30.1 Å². The second-order valence-corrected chi connectivity index (χ2v) is 5.81. The Balaban J connectivity index is 0.00000338. The van der Waals surface area contributed by atoms with Crippen molar-refractivity contribution in [2.75, 3.05) is 71.6 Å². The molecule has 0 aromatic carbocycles. The molecule has 0 unspecified atom stereocenters. The summed E-state index contributed by atoms with van der Waals surface area (Å²) >= 11 is 0. The van der Waals surface area contributed by atoms with Crippen molar-refractivity contribution in [2.24, 2.45) is 4.99 Å². The van der Waals surface area contributed by atoms with E-state index in [-0.39, 0.29) is 24.0 Å². The Morgan fingerprint density at radius 2 is 1.85 bits per heavy atom. The van der Waals surface area contributed by atoms with E-state index in [1.54, 1.807) is 19.5 Å². The van der Waals surface area contributed by atoms with Crippen LogP contribution < -0.4 is 10.2 Å². The maximum Gasteiger partial charge on any atom is 0.225 e. The van der Waals surface area contributed by atoms with Crippen LogP contribution in [0, 0.1) is 0 Å². The van der Waals surface area contributed by atoms with Gasteiger partial charge in [0, 0.05) is 65.9 Å². The highest BCUT2D eigenvalue weighted by molar-refractivity contribution is 14.0. The van der Waals surface area contributed by atoms with Crippen LogP contribution in [0.2, 0.25) is 0 Å². The summed E-state index contributed by atoms with van der Waals surface area (Å²) in [5.41, 5.74) is 0. The highest BCUT2D eigenvalue weighted by atomic mass is 127. The maximum absolute atomic E-state index is 5.47. The number of unbranched alkanes of at least 4 members (excludes halogenated alkanes) is 1. The van der Waals surface area contributed by atoms with Gasteiger partial charge < -0.3 is 24.6 Å². The molecule has 1 fully saturated rings. The highest BCUT2D eigenvalue weighted by Gasteiger charge is 2.20. The number of piperazine rings is 1. The average molecular weight is 478 g/mol. The van der Waals surface area contributed by atoms with Gasteiger partial charge in [0.1, 0.15) is 0 Å². The Bertz CT molecular complexity index is 497. The molecule has 1 aromatic rings. The number of hydrogen-bond donors (Lipinski definition) is 1. The molecule has 1 saturated heterocycles. The lowest BCUT2D eigenvalue weighted by Gasteiger charge is -2.36. The van der Waals surface area contributed by atoms with Crippen molar-refractivity contribution < 1.29 is 9.47 Å². The summed E-state index contributed by atoms with van der Waals surface area (Å²) in [6.45, 7) is 6.64. The number of guanidine groups is 1. The molecular weight excluding hydrogens is 447 g/mol. The number of aromatic nitrogens is 2. The second kappa shape index (κ2) is 13.9. The van der Waals surface area contributed by atoms with E-state index in [9.17, 15) is 0 Å². The Hall–Kier alpha value is -1.20. The molecule has 2 rings (SSSR count). The number of rotatable bonds is 9. The van der Waals surface area contributed by atoms with Crippen LogP contribution in [-0.4, -0.2) is 87.5 Å². The second-order valence-electron chi connectivity index (χ2n) is 5.81. The van der Waals surface area contributed by atoms with Crippen molar-refractivity contribution >= 4 is 35.9 Å². The van der Waals surface area contributed by atoms with Gasteiger partial charge in [-0.3, -0.25) is 4.99 Å². The minimum absolute atomic E-state index is 0. The minimum Gasteiger partial charge on any atom is -0.382 e. The molecule has 0 amide bonds. The van der Waals surface area contributed by atoms with Crippen molar-refractivity contribution in [3.8, 4) is 0 Å². The SMILES string of the molecule is CN=C(NCCCCOCCOC)N1CCN(c2ncccn2)CC1.I. The Kier molecular flexibility index (Phi) is 12.2. The first kappa shape index (κ1) is 22.8. The number of nitrogens with zero attached hydrogens (tertiary/aromatic N) is 5. The van der Waals surface area contributed by atoms with Gasteiger partial charge >= 0.3 is 0 Å². The van der Waals surface area contributed by atoms with E-state index >= 15 is 0 Å². The zero-order valence-corrected chi connectivity index (χ0v) is 18.1. The van der Waals surface area contributed by atoms with Crippen LogP contribution in [-0.2, 0) is 9.47 Å². The van der Waals surface area contributed by atoms with Gasteiger partial charge in [-0.1, -0.05) is 0 Å². The monoisotopic (exact) mass is 478 g/mol. The molecule has 148 valence electrons. The summed E-state index contributed by atoms with van der Waals surface area (Å²) in [7, 11) is 3.52. The Labute approximate surface area is 173 Å². The topological polar surface area (TPSA) is 75.1 Å². The number of nitrogens with one attached hydrogen (secondary N) is 1. The Morgan fingerprint density at radius 1 is 1.12 bits per heavy atom. The maximum atomic E-state index is 5.47. The van der Waals surface area contributed by atoms with Gasteiger partial charge in [-0.05, 0) is 18.9 Å². The molecular formula is C17H31IN6O2. The molecule has 0 bridgehead atoms. The van der Waals surface area contributed by atoms with E-state index in [4.69, 9.17) is 9.47 Å². The molecule has 0 atom stereocenters. The third-order valence-electron chi connectivity index (χ3n) is 4.06. The fourth-order valence-electron chi connectivity index (χ4n) is 2.68. The van der Waals surface area contributed by atoms with Crippen LogP contribution >= 0.6 is 24.0 Å². The predicted molar refractivity (Wildman–Crippen MR) is 115 cm³/mol. The first-order valence-electron chi connectivity index (χ1n) is 8.89. The molecule has 1 aliphatic rings. The third-order valence-corrected chi connectivity index (χ3v) is 4.06. The fraction of sp³-hybridized carbons (Fsp3) is 0.706. The third kappa shape index (κ3) is 8.00. The molecule has 26 heavy (non-hydrogen) atoms.